The molecule has 142 valence electrons. The number of amides is 2. The predicted octanol–water partition coefficient (Wildman–Crippen LogP) is 3.08. The molecule has 1 atom stereocenters. The van der Waals surface area contributed by atoms with Crippen molar-refractivity contribution in [3.63, 3.8) is 0 Å². The molecule has 3 N–H and O–H groups in total. The van der Waals surface area contributed by atoms with E-state index in [1.165, 1.54) is 11.3 Å². The molecule has 0 fully saturated rings. The normalized spacial score (nSPS) is 15.7. The largest absolute Gasteiger partial charge is 0.452 e. The van der Waals surface area contributed by atoms with Gasteiger partial charge in [-0.1, -0.05) is 25.1 Å². The van der Waals surface area contributed by atoms with Crippen molar-refractivity contribution in [3.05, 3.63) is 51.4 Å². The number of primary amides is 1. The molecule has 0 bridgehead atoms. The first-order valence-electron chi connectivity index (χ1n) is 8.83. The SMILES string of the molecule is Cc1ccccc1C(=O)OCC(=O)Nc1sc2c(c1C(N)=O)CCC(C)C2. The number of thiophene rings is 1. The Morgan fingerprint density at radius 2 is 2.04 bits per heavy atom. The smallest absolute Gasteiger partial charge is 0.338 e. The van der Waals surface area contributed by atoms with Crippen molar-refractivity contribution in [1.29, 1.82) is 0 Å². The molecule has 0 radical (unpaired) electrons. The van der Waals surface area contributed by atoms with Crippen molar-refractivity contribution < 1.29 is 19.1 Å². The van der Waals surface area contributed by atoms with Crippen molar-refractivity contribution in [1.82, 2.24) is 0 Å². The first-order chi connectivity index (χ1) is 12.9. The second-order valence-electron chi connectivity index (χ2n) is 6.86. The summed E-state index contributed by atoms with van der Waals surface area (Å²) < 4.78 is 5.10. The molecule has 0 aliphatic heterocycles. The predicted molar refractivity (Wildman–Crippen MR) is 104 cm³/mol. The number of anilines is 1. The molecule has 2 aromatic rings. The van der Waals surface area contributed by atoms with E-state index in [2.05, 4.69) is 12.2 Å². The Morgan fingerprint density at radius 3 is 2.74 bits per heavy atom. The lowest BCUT2D eigenvalue weighted by Crippen LogP contribution is -2.23. The number of nitrogens with one attached hydrogen (secondary N) is 1. The van der Waals surface area contributed by atoms with Gasteiger partial charge < -0.3 is 15.8 Å². The van der Waals surface area contributed by atoms with Crippen LogP contribution in [0.25, 0.3) is 0 Å². The summed E-state index contributed by atoms with van der Waals surface area (Å²) in [4.78, 5) is 37.4. The maximum absolute atomic E-state index is 12.3. The molecule has 27 heavy (non-hydrogen) atoms. The summed E-state index contributed by atoms with van der Waals surface area (Å²) in [6.07, 6.45) is 2.65. The lowest BCUT2D eigenvalue weighted by molar-refractivity contribution is -0.119. The Balaban J connectivity index is 1.68. The minimum atomic E-state index is -0.558. The third-order valence-electron chi connectivity index (χ3n) is 4.71. The minimum absolute atomic E-state index is 0.389. The fraction of sp³-hybridized carbons (Fsp3) is 0.350. The van der Waals surface area contributed by atoms with Gasteiger partial charge in [-0.3, -0.25) is 9.59 Å². The number of carbonyl (C=O) groups is 3. The van der Waals surface area contributed by atoms with Gasteiger partial charge in [0.25, 0.3) is 11.8 Å². The van der Waals surface area contributed by atoms with Gasteiger partial charge >= 0.3 is 5.97 Å². The highest BCUT2D eigenvalue weighted by Gasteiger charge is 2.27. The molecule has 7 heteroatoms. The maximum Gasteiger partial charge on any atom is 0.338 e. The molecule has 1 aromatic heterocycles. The molecule has 3 rings (SSSR count). The summed E-state index contributed by atoms with van der Waals surface area (Å²) in [5.41, 5.74) is 8.07. The highest BCUT2D eigenvalue weighted by molar-refractivity contribution is 7.17. The highest BCUT2D eigenvalue weighted by Crippen LogP contribution is 2.39. The summed E-state index contributed by atoms with van der Waals surface area (Å²) in [5, 5.41) is 3.13. The number of benzene rings is 1. The summed E-state index contributed by atoms with van der Waals surface area (Å²) in [6, 6.07) is 7.01. The Kier molecular flexibility index (Phi) is 5.60. The number of fused-ring (bicyclic) bond motifs is 1. The first kappa shape index (κ1) is 19.1. The number of aryl methyl sites for hydroxylation is 1. The lowest BCUT2D eigenvalue weighted by Gasteiger charge is -2.18. The second kappa shape index (κ2) is 7.92. The van der Waals surface area contributed by atoms with Crippen molar-refractivity contribution in [3.8, 4) is 0 Å². The molecular formula is C20H22N2O4S. The maximum atomic E-state index is 12.3. The van der Waals surface area contributed by atoms with Crippen LogP contribution in [0.4, 0.5) is 5.00 Å². The van der Waals surface area contributed by atoms with Crippen LogP contribution in [0.1, 0.15) is 50.1 Å². The number of rotatable bonds is 5. The molecule has 6 nitrogen and oxygen atoms in total. The molecule has 0 spiro atoms. The quantitative estimate of drug-likeness (QED) is 0.772. The highest BCUT2D eigenvalue weighted by atomic mass is 32.1. The molecule has 0 saturated heterocycles. The van der Waals surface area contributed by atoms with Crippen molar-refractivity contribution in [2.75, 3.05) is 11.9 Å². The summed E-state index contributed by atoms with van der Waals surface area (Å²) in [5.74, 6) is -1.06. The van der Waals surface area contributed by atoms with Gasteiger partial charge in [0.2, 0.25) is 0 Å². The number of hydrogen-bond acceptors (Lipinski definition) is 5. The zero-order valence-electron chi connectivity index (χ0n) is 15.3. The second-order valence-corrected chi connectivity index (χ2v) is 7.96. The number of carbonyl (C=O) groups excluding carboxylic acids is 3. The third-order valence-corrected chi connectivity index (χ3v) is 5.88. The van der Waals surface area contributed by atoms with Crippen LogP contribution in [0.15, 0.2) is 24.3 Å². The van der Waals surface area contributed by atoms with Crippen LogP contribution in [0.2, 0.25) is 0 Å². The van der Waals surface area contributed by atoms with E-state index < -0.39 is 24.4 Å². The van der Waals surface area contributed by atoms with Gasteiger partial charge in [-0.2, -0.15) is 0 Å². The zero-order valence-corrected chi connectivity index (χ0v) is 16.2. The summed E-state index contributed by atoms with van der Waals surface area (Å²) >= 11 is 1.38. The van der Waals surface area contributed by atoms with E-state index in [0.717, 1.165) is 35.3 Å². The van der Waals surface area contributed by atoms with Crippen molar-refractivity contribution in [2.24, 2.45) is 11.7 Å². The Morgan fingerprint density at radius 1 is 1.30 bits per heavy atom. The number of hydrogen-bond donors (Lipinski definition) is 2. The van der Waals surface area contributed by atoms with Crippen molar-refractivity contribution >= 4 is 34.1 Å². The van der Waals surface area contributed by atoms with Crippen LogP contribution in [-0.4, -0.2) is 24.4 Å². The topological polar surface area (TPSA) is 98.5 Å². The Hall–Kier alpha value is -2.67. The number of esters is 1. The van der Waals surface area contributed by atoms with Crippen LogP contribution in [0.3, 0.4) is 0 Å². The van der Waals surface area contributed by atoms with E-state index in [1.807, 2.05) is 6.07 Å². The van der Waals surface area contributed by atoms with Crippen LogP contribution in [-0.2, 0) is 22.4 Å². The van der Waals surface area contributed by atoms with Crippen molar-refractivity contribution in [2.45, 2.75) is 33.1 Å². The molecule has 1 aliphatic rings. The molecule has 1 aromatic carbocycles. The number of ether oxygens (including phenoxy) is 1. The summed E-state index contributed by atoms with van der Waals surface area (Å²) in [6.45, 7) is 3.53. The molecular weight excluding hydrogens is 364 g/mol. The van der Waals surface area contributed by atoms with Gasteiger partial charge in [-0.15, -0.1) is 11.3 Å². The minimum Gasteiger partial charge on any atom is -0.452 e. The lowest BCUT2D eigenvalue weighted by atomic mass is 9.88. The molecule has 1 aliphatic carbocycles. The van der Waals surface area contributed by atoms with E-state index in [9.17, 15) is 14.4 Å². The van der Waals surface area contributed by atoms with E-state index in [1.54, 1.807) is 25.1 Å². The van der Waals surface area contributed by atoms with E-state index in [0.29, 0.717) is 22.0 Å². The molecule has 1 heterocycles. The van der Waals surface area contributed by atoms with Crippen LogP contribution < -0.4 is 11.1 Å². The monoisotopic (exact) mass is 386 g/mol. The summed E-state index contributed by atoms with van der Waals surface area (Å²) in [7, 11) is 0. The van der Waals surface area contributed by atoms with E-state index in [4.69, 9.17) is 10.5 Å². The molecule has 2 amide bonds. The fourth-order valence-corrected chi connectivity index (χ4v) is 4.71. The van der Waals surface area contributed by atoms with Gasteiger partial charge in [-0.25, -0.2) is 4.79 Å². The average molecular weight is 386 g/mol. The Labute approximate surface area is 161 Å². The van der Waals surface area contributed by atoms with Crippen LogP contribution in [0, 0.1) is 12.8 Å². The van der Waals surface area contributed by atoms with Crippen LogP contribution >= 0.6 is 11.3 Å². The van der Waals surface area contributed by atoms with E-state index in [-0.39, 0.29) is 0 Å². The van der Waals surface area contributed by atoms with Gasteiger partial charge in [-0.05, 0) is 49.3 Å². The van der Waals surface area contributed by atoms with Gasteiger partial charge in [0, 0.05) is 4.88 Å². The van der Waals surface area contributed by atoms with Gasteiger partial charge in [0.15, 0.2) is 6.61 Å². The fourth-order valence-electron chi connectivity index (χ4n) is 3.27. The van der Waals surface area contributed by atoms with E-state index >= 15 is 0 Å². The van der Waals surface area contributed by atoms with Gasteiger partial charge in [0.05, 0.1) is 11.1 Å². The van der Waals surface area contributed by atoms with Gasteiger partial charge in [0.1, 0.15) is 5.00 Å². The molecule has 0 saturated carbocycles. The first-order valence-corrected chi connectivity index (χ1v) is 9.65. The Bertz CT molecular complexity index is 903. The van der Waals surface area contributed by atoms with Crippen LogP contribution in [0.5, 0.6) is 0 Å². The third kappa shape index (κ3) is 4.19. The number of nitrogens with two attached hydrogens (primary N) is 1. The standard InChI is InChI=1S/C20H22N2O4S/c1-11-7-8-14-15(9-11)27-19(17(14)18(21)24)22-16(23)10-26-20(25)13-6-4-3-5-12(13)2/h3-6,11H,7-10H2,1-2H3,(H2,21,24)(H,22,23). The average Bonchev–Trinajstić information content (AvgIpc) is 2.97. The zero-order chi connectivity index (χ0) is 19.6. The molecule has 1 unspecified atom stereocenters.